The van der Waals surface area contributed by atoms with Crippen LogP contribution in [0.2, 0.25) is 0 Å². The van der Waals surface area contributed by atoms with Gasteiger partial charge in [0.25, 0.3) is 5.91 Å². The molecule has 7 nitrogen and oxygen atoms in total. The lowest BCUT2D eigenvalue weighted by Crippen LogP contribution is -2.13. The summed E-state index contributed by atoms with van der Waals surface area (Å²) in [5.41, 5.74) is 3.78. The molecule has 0 radical (unpaired) electrons. The van der Waals surface area contributed by atoms with E-state index in [9.17, 15) is 4.79 Å². The van der Waals surface area contributed by atoms with E-state index >= 15 is 0 Å². The first-order chi connectivity index (χ1) is 14.2. The van der Waals surface area contributed by atoms with Crippen LogP contribution in [0.5, 0.6) is 5.75 Å². The molecule has 4 rings (SSSR count). The number of carbonyl (C=O) groups is 1. The van der Waals surface area contributed by atoms with E-state index in [1.54, 1.807) is 30.6 Å². The minimum Gasteiger partial charge on any atom is -0.489 e. The molecule has 0 aliphatic rings. The number of hydrogen-bond acceptors (Lipinski definition) is 6. The summed E-state index contributed by atoms with van der Waals surface area (Å²) in [6, 6.07) is 16.4. The Hall–Kier alpha value is -4.00. The number of pyridine rings is 1. The normalized spacial score (nSPS) is 10.5. The second kappa shape index (κ2) is 8.35. The van der Waals surface area contributed by atoms with Gasteiger partial charge in [-0.1, -0.05) is 18.2 Å². The van der Waals surface area contributed by atoms with Crippen LogP contribution in [0.4, 0.5) is 5.69 Å². The van der Waals surface area contributed by atoms with Crippen molar-refractivity contribution in [1.29, 1.82) is 0 Å². The maximum atomic E-state index is 12.8. The Morgan fingerprint density at radius 2 is 2.07 bits per heavy atom. The van der Waals surface area contributed by atoms with Crippen molar-refractivity contribution in [2.45, 2.75) is 13.5 Å². The molecule has 144 valence electrons. The average molecular weight is 386 g/mol. The summed E-state index contributed by atoms with van der Waals surface area (Å²) >= 11 is 0. The van der Waals surface area contributed by atoms with Crippen LogP contribution < -0.4 is 10.1 Å². The molecular formula is C22H18N4O3. The van der Waals surface area contributed by atoms with Crippen LogP contribution in [0.15, 0.2) is 77.8 Å². The first-order valence-corrected chi connectivity index (χ1v) is 8.99. The molecule has 0 unspecified atom stereocenters. The molecule has 0 saturated heterocycles. The molecule has 2 heterocycles. The van der Waals surface area contributed by atoms with Crippen LogP contribution in [-0.2, 0) is 6.61 Å². The van der Waals surface area contributed by atoms with Gasteiger partial charge in [-0.15, -0.1) is 10.2 Å². The van der Waals surface area contributed by atoms with Crippen LogP contribution >= 0.6 is 0 Å². The SMILES string of the molecule is Cc1ccc(-c2nnco2)cc1NC(=O)c1cccc(OCc2cccnc2)c1. The highest BCUT2D eigenvalue weighted by Gasteiger charge is 2.12. The summed E-state index contributed by atoms with van der Waals surface area (Å²) in [5.74, 6) is 0.770. The first kappa shape index (κ1) is 18.4. The van der Waals surface area contributed by atoms with E-state index in [1.807, 2.05) is 43.3 Å². The van der Waals surface area contributed by atoms with E-state index in [1.165, 1.54) is 6.39 Å². The fraction of sp³-hybridized carbons (Fsp3) is 0.0909. The number of aromatic nitrogens is 3. The second-order valence-corrected chi connectivity index (χ2v) is 6.41. The van der Waals surface area contributed by atoms with E-state index in [4.69, 9.17) is 9.15 Å². The summed E-state index contributed by atoms with van der Waals surface area (Å²) in [6.45, 7) is 2.30. The molecule has 2 aromatic heterocycles. The molecule has 0 aliphatic carbocycles. The van der Waals surface area contributed by atoms with Gasteiger partial charge >= 0.3 is 0 Å². The van der Waals surface area contributed by atoms with E-state index in [-0.39, 0.29) is 5.91 Å². The highest BCUT2D eigenvalue weighted by molar-refractivity contribution is 6.05. The Morgan fingerprint density at radius 3 is 2.86 bits per heavy atom. The maximum absolute atomic E-state index is 12.8. The van der Waals surface area contributed by atoms with Gasteiger partial charge in [-0.25, -0.2) is 0 Å². The zero-order chi connectivity index (χ0) is 20.1. The van der Waals surface area contributed by atoms with Gasteiger partial charge in [-0.2, -0.15) is 0 Å². The van der Waals surface area contributed by atoms with E-state index in [0.29, 0.717) is 29.5 Å². The largest absolute Gasteiger partial charge is 0.489 e. The molecule has 0 atom stereocenters. The fourth-order valence-corrected chi connectivity index (χ4v) is 2.76. The molecule has 2 aromatic carbocycles. The number of ether oxygens (including phenoxy) is 1. The van der Waals surface area contributed by atoms with Gasteiger partial charge in [0.15, 0.2) is 0 Å². The topological polar surface area (TPSA) is 90.1 Å². The van der Waals surface area contributed by atoms with Crippen molar-refractivity contribution in [3.63, 3.8) is 0 Å². The van der Waals surface area contributed by atoms with Crippen molar-refractivity contribution in [3.8, 4) is 17.2 Å². The third kappa shape index (κ3) is 4.47. The zero-order valence-corrected chi connectivity index (χ0v) is 15.7. The Labute approximate surface area is 167 Å². The van der Waals surface area contributed by atoms with E-state index in [0.717, 1.165) is 16.7 Å². The lowest BCUT2D eigenvalue weighted by atomic mass is 10.1. The molecule has 0 saturated carbocycles. The van der Waals surface area contributed by atoms with Gasteiger partial charge in [-0.05, 0) is 48.9 Å². The summed E-state index contributed by atoms with van der Waals surface area (Å²) in [6.07, 6.45) is 4.73. The van der Waals surface area contributed by atoms with Gasteiger partial charge in [0.05, 0.1) is 0 Å². The van der Waals surface area contributed by atoms with Crippen molar-refractivity contribution < 1.29 is 13.9 Å². The number of aryl methyl sites for hydroxylation is 1. The Morgan fingerprint density at radius 1 is 1.14 bits per heavy atom. The van der Waals surface area contributed by atoms with Crippen molar-refractivity contribution >= 4 is 11.6 Å². The van der Waals surface area contributed by atoms with Crippen LogP contribution in [0.25, 0.3) is 11.5 Å². The third-order valence-electron chi connectivity index (χ3n) is 4.32. The van der Waals surface area contributed by atoms with Crippen molar-refractivity contribution in [1.82, 2.24) is 15.2 Å². The minimum atomic E-state index is -0.234. The molecule has 1 N–H and O–H groups in total. The maximum Gasteiger partial charge on any atom is 0.255 e. The molecule has 29 heavy (non-hydrogen) atoms. The average Bonchev–Trinajstić information content (AvgIpc) is 3.30. The van der Waals surface area contributed by atoms with Gasteiger partial charge in [0, 0.05) is 34.8 Å². The van der Waals surface area contributed by atoms with E-state index < -0.39 is 0 Å². The predicted octanol–water partition coefficient (Wildman–Crippen LogP) is 4.27. The molecule has 0 spiro atoms. The number of amides is 1. The molecule has 7 heteroatoms. The van der Waals surface area contributed by atoms with Crippen LogP contribution in [-0.4, -0.2) is 21.1 Å². The van der Waals surface area contributed by atoms with Gasteiger partial charge in [0.2, 0.25) is 12.3 Å². The second-order valence-electron chi connectivity index (χ2n) is 6.41. The monoisotopic (exact) mass is 386 g/mol. The predicted molar refractivity (Wildman–Crippen MR) is 107 cm³/mol. The minimum absolute atomic E-state index is 0.234. The summed E-state index contributed by atoms with van der Waals surface area (Å²) in [7, 11) is 0. The number of benzene rings is 2. The third-order valence-corrected chi connectivity index (χ3v) is 4.32. The smallest absolute Gasteiger partial charge is 0.255 e. The lowest BCUT2D eigenvalue weighted by molar-refractivity contribution is 0.102. The molecular weight excluding hydrogens is 368 g/mol. The van der Waals surface area contributed by atoms with Gasteiger partial charge in [0.1, 0.15) is 12.4 Å². The number of carbonyl (C=O) groups excluding carboxylic acids is 1. The molecule has 4 aromatic rings. The fourth-order valence-electron chi connectivity index (χ4n) is 2.76. The Bertz CT molecular complexity index is 1110. The van der Waals surface area contributed by atoms with Gasteiger partial charge in [-0.3, -0.25) is 9.78 Å². The number of nitrogens with one attached hydrogen (secondary N) is 1. The summed E-state index contributed by atoms with van der Waals surface area (Å²) < 4.78 is 11.0. The summed E-state index contributed by atoms with van der Waals surface area (Å²) in [4.78, 5) is 16.8. The van der Waals surface area contributed by atoms with E-state index in [2.05, 4.69) is 20.5 Å². The van der Waals surface area contributed by atoms with Gasteiger partial charge < -0.3 is 14.5 Å². The standard InChI is InChI=1S/C22H18N4O3/c1-15-7-8-18(22-26-24-14-29-22)11-20(15)25-21(27)17-5-2-6-19(10-17)28-13-16-4-3-9-23-12-16/h2-12,14H,13H2,1H3,(H,25,27). The highest BCUT2D eigenvalue weighted by atomic mass is 16.5. The van der Waals surface area contributed by atoms with Crippen LogP contribution in [0.3, 0.4) is 0 Å². The zero-order valence-electron chi connectivity index (χ0n) is 15.7. The Kier molecular flexibility index (Phi) is 5.29. The molecule has 0 bridgehead atoms. The summed E-state index contributed by atoms with van der Waals surface area (Å²) in [5, 5.41) is 10.5. The number of hydrogen-bond donors (Lipinski definition) is 1. The van der Waals surface area contributed by atoms with Crippen molar-refractivity contribution in [2.75, 3.05) is 5.32 Å². The number of nitrogens with zero attached hydrogens (tertiary/aromatic N) is 3. The van der Waals surface area contributed by atoms with Crippen molar-refractivity contribution in [3.05, 3.63) is 90.1 Å². The quantitative estimate of drug-likeness (QED) is 0.532. The van der Waals surface area contributed by atoms with Crippen LogP contribution in [0.1, 0.15) is 21.5 Å². The Balaban J connectivity index is 1.48. The molecule has 0 aliphatic heterocycles. The highest BCUT2D eigenvalue weighted by Crippen LogP contribution is 2.25. The van der Waals surface area contributed by atoms with Crippen molar-refractivity contribution in [2.24, 2.45) is 0 Å². The molecule has 1 amide bonds. The first-order valence-electron chi connectivity index (χ1n) is 8.99. The molecule has 0 fully saturated rings. The lowest BCUT2D eigenvalue weighted by Gasteiger charge is -2.11. The number of anilines is 1. The number of rotatable bonds is 6. The van der Waals surface area contributed by atoms with Crippen LogP contribution in [0, 0.1) is 6.92 Å².